The number of hydrogen-bond acceptors (Lipinski definition) is 8. The summed E-state index contributed by atoms with van der Waals surface area (Å²) in [5.74, 6) is 2.61. The molecule has 2 N–H and O–H groups in total. The number of aryl methyl sites for hydroxylation is 1. The smallest absolute Gasteiger partial charge is 0.225 e. The third-order valence-corrected chi connectivity index (χ3v) is 4.27. The van der Waals surface area contributed by atoms with Gasteiger partial charge in [-0.2, -0.15) is 4.98 Å². The predicted octanol–water partition coefficient (Wildman–Crippen LogP) is 2.83. The molecule has 9 heteroatoms. The van der Waals surface area contributed by atoms with E-state index in [4.69, 9.17) is 9.26 Å². The molecule has 0 aliphatic heterocycles. The Kier molecular flexibility index (Phi) is 4.79. The van der Waals surface area contributed by atoms with Crippen molar-refractivity contribution in [3.63, 3.8) is 0 Å². The SMILES string of the molecule is CNc1nc(NCc2cc(C)on2)c2c(ccn2Cc2cccc(OC)n2)n1. The summed E-state index contributed by atoms with van der Waals surface area (Å²) in [7, 11) is 3.40. The van der Waals surface area contributed by atoms with Crippen molar-refractivity contribution in [3.8, 4) is 5.88 Å². The Labute approximate surface area is 161 Å². The zero-order valence-corrected chi connectivity index (χ0v) is 15.9. The zero-order chi connectivity index (χ0) is 19.5. The molecule has 9 nitrogen and oxygen atoms in total. The minimum Gasteiger partial charge on any atom is -0.481 e. The Morgan fingerprint density at radius 3 is 2.79 bits per heavy atom. The topological polar surface area (TPSA) is 103 Å². The van der Waals surface area contributed by atoms with Crippen molar-refractivity contribution < 1.29 is 9.26 Å². The Hall–Kier alpha value is -3.62. The van der Waals surface area contributed by atoms with E-state index in [2.05, 4.69) is 35.3 Å². The van der Waals surface area contributed by atoms with E-state index in [1.54, 1.807) is 14.2 Å². The molecule has 144 valence electrons. The van der Waals surface area contributed by atoms with Gasteiger partial charge in [0.05, 0.1) is 31.4 Å². The lowest BCUT2D eigenvalue weighted by molar-refractivity contribution is 0.391. The minimum atomic E-state index is 0.495. The first-order chi connectivity index (χ1) is 13.7. The quantitative estimate of drug-likeness (QED) is 0.505. The second-order valence-electron chi connectivity index (χ2n) is 6.28. The van der Waals surface area contributed by atoms with Gasteiger partial charge in [-0.05, 0) is 19.1 Å². The molecule has 4 aromatic rings. The first-order valence-corrected chi connectivity index (χ1v) is 8.87. The molecule has 0 aliphatic rings. The van der Waals surface area contributed by atoms with E-state index in [0.29, 0.717) is 30.7 Å². The lowest BCUT2D eigenvalue weighted by atomic mass is 10.3. The van der Waals surface area contributed by atoms with Gasteiger partial charge in [0.2, 0.25) is 11.8 Å². The minimum absolute atomic E-state index is 0.495. The molecule has 4 aromatic heterocycles. The zero-order valence-electron chi connectivity index (χ0n) is 15.9. The number of hydrogen-bond donors (Lipinski definition) is 2. The fourth-order valence-corrected chi connectivity index (χ4v) is 2.98. The summed E-state index contributed by atoms with van der Waals surface area (Å²) in [6, 6.07) is 9.57. The van der Waals surface area contributed by atoms with Crippen molar-refractivity contribution in [2.45, 2.75) is 20.0 Å². The molecule has 0 aromatic carbocycles. The van der Waals surface area contributed by atoms with Crippen LogP contribution in [0.3, 0.4) is 0 Å². The van der Waals surface area contributed by atoms with Gasteiger partial charge in [-0.15, -0.1) is 0 Å². The third kappa shape index (κ3) is 3.59. The number of fused-ring (bicyclic) bond motifs is 1. The van der Waals surface area contributed by atoms with Gasteiger partial charge in [0.15, 0.2) is 5.82 Å². The van der Waals surface area contributed by atoms with E-state index in [0.717, 1.165) is 28.2 Å². The monoisotopic (exact) mass is 379 g/mol. The molecule has 0 unspecified atom stereocenters. The highest BCUT2D eigenvalue weighted by Crippen LogP contribution is 2.25. The molecule has 4 heterocycles. The van der Waals surface area contributed by atoms with Crippen LogP contribution in [0.15, 0.2) is 41.1 Å². The van der Waals surface area contributed by atoms with E-state index in [1.807, 2.05) is 43.5 Å². The number of aromatic nitrogens is 5. The molecule has 4 rings (SSSR count). The number of ether oxygens (including phenoxy) is 1. The number of anilines is 2. The summed E-state index contributed by atoms with van der Waals surface area (Å²) in [5.41, 5.74) is 3.42. The number of nitrogens with one attached hydrogen (secondary N) is 2. The predicted molar refractivity (Wildman–Crippen MR) is 106 cm³/mol. The van der Waals surface area contributed by atoms with Crippen LogP contribution in [0, 0.1) is 6.92 Å². The first-order valence-electron chi connectivity index (χ1n) is 8.87. The van der Waals surface area contributed by atoms with Crippen molar-refractivity contribution in [2.75, 3.05) is 24.8 Å². The Morgan fingerprint density at radius 1 is 1.14 bits per heavy atom. The molecular formula is C19H21N7O2. The van der Waals surface area contributed by atoms with Crippen molar-refractivity contribution in [1.29, 1.82) is 0 Å². The van der Waals surface area contributed by atoms with Crippen LogP contribution in [0.4, 0.5) is 11.8 Å². The van der Waals surface area contributed by atoms with Crippen molar-refractivity contribution >= 4 is 22.8 Å². The van der Waals surface area contributed by atoms with Gasteiger partial charge in [0.25, 0.3) is 0 Å². The van der Waals surface area contributed by atoms with Gasteiger partial charge in [0, 0.05) is 25.4 Å². The van der Waals surface area contributed by atoms with Gasteiger partial charge in [-0.1, -0.05) is 11.2 Å². The molecular weight excluding hydrogens is 358 g/mol. The summed E-state index contributed by atoms with van der Waals surface area (Å²) < 4.78 is 12.4. The lowest BCUT2D eigenvalue weighted by Gasteiger charge is -2.11. The van der Waals surface area contributed by atoms with Crippen LogP contribution in [0.1, 0.15) is 17.1 Å². The number of pyridine rings is 1. The average molecular weight is 379 g/mol. The summed E-state index contributed by atoms with van der Waals surface area (Å²) >= 11 is 0. The highest BCUT2D eigenvalue weighted by molar-refractivity contribution is 5.87. The molecule has 0 saturated carbocycles. The summed E-state index contributed by atoms with van der Waals surface area (Å²) in [6.07, 6.45) is 1.98. The van der Waals surface area contributed by atoms with Crippen LogP contribution in [0.2, 0.25) is 0 Å². The third-order valence-electron chi connectivity index (χ3n) is 4.27. The second kappa shape index (κ2) is 7.55. The van der Waals surface area contributed by atoms with Crippen LogP contribution < -0.4 is 15.4 Å². The summed E-state index contributed by atoms with van der Waals surface area (Å²) in [6.45, 7) is 2.93. The fraction of sp³-hybridized carbons (Fsp3) is 0.263. The maximum absolute atomic E-state index is 5.22. The second-order valence-corrected chi connectivity index (χ2v) is 6.28. The molecule has 0 atom stereocenters. The van der Waals surface area contributed by atoms with E-state index >= 15 is 0 Å². The van der Waals surface area contributed by atoms with Crippen molar-refractivity contribution in [3.05, 3.63) is 53.7 Å². The fourth-order valence-electron chi connectivity index (χ4n) is 2.98. The van der Waals surface area contributed by atoms with Gasteiger partial charge < -0.3 is 24.5 Å². The van der Waals surface area contributed by atoms with Gasteiger partial charge in [-0.25, -0.2) is 9.97 Å². The largest absolute Gasteiger partial charge is 0.481 e. The standard InChI is InChI=1S/C19H21N7O2/c1-12-9-14(25-28-12)10-21-18-17-15(23-19(20-2)24-18)7-8-26(17)11-13-5-4-6-16(22-13)27-3/h4-9H,10-11H2,1-3H3,(H2,20,21,23,24). The van der Waals surface area contributed by atoms with Crippen molar-refractivity contribution in [1.82, 2.24) is 24.7 Å². The van der Waals surface area contributed by atoms with E-state index in [-0.39, 0.29) is 0 Å². The summed E-state index contributed by atoms with van der Waals surface area (Å²) in [4.78, 5) is 13.6. The van der Waals surface area contributed by atoms with Crippen molar-refractivity contribution in [2.24, 2.45) is 0 Å². The Morgan fingerprint density at radius 2 is 2.04 bits per heavy atom. The number of nitrogens with zero attached hydrogens (tertiary/aromatic N) is 5. The molecule has 0 saturated heterocycles. The van der Waals surface area contributed by atoms with Crippen LogP contribution in [-0.2, 0) is 13.1 Å². The molecule has 0 fully saturated rings. The number of rotatable bonds is 7. The van der Waals surface area contributed by atoms with E-state index in [1.165, 1.54) is 0 Å². The molecule has 0 bridgehead atoms. The number of methoxy groups -OCH3 is 1. The Balaban J connectivity index is 1.69. The van der Waals surface area contributed by atoms with E-state index < -0.39 is 0 Å². The van der Waals surface area contributed by atoms with Crippen LogP contribution in [0.5, 0.6) is 5.88 Å². The summed E-state index contributed by atoms with van der Waals surface area (Å²) in [5, 5.41) is 10.4. The van der Waals surface area contributed by atoms with Crippen LogP contribution in [-0.4, -0.2) is 38.8 Å². The molecule has 28 heavy (non-hydrogen) atoms. The maximum Gasteiger partial charge on any atom is 0.225 e. The van der Waals surface area contributed by atoms with Gasteiger partial charge in [0.1, 0.15) is 17.0 Å². The Bertz CT molecular complexity index is 1100. The van der Waals surface area contributed by atoms with Gasteiger partial charge >= 0.3 is 0 Å². The van der Waals surface area contributed by atoms with Crippen LogP contribution >= 0.6 is 0 Å². The normalized spacial score (nSPS) is 11.0. The molecule has 0 amide bonds. The van der Waals surface area contributed by atoms with E-state index in [9.17, 15) is 0 Å². The maximum atomic E-state index is 5.22. The van der Waals surface area contributed by atoms with Gasteiger partial charge in [-0.3, -0.25) is 0 Å². The molecule has 0 radical (unpaired) electrons. The first kappa shape index (κ1) is 17.8. The highest BCUT2D eigenvalue weighted by Gasteiger charge is 2.13. The molecule has 0 aliphatic carbocycles. The molecule has 0 spiro atoms. The average Bonchev–Trinajstić information content (AvgIpc) is 3.32. The lowest BCUT2D eigenvalue weighted by Crippen LogP contribution is -2.09. The van der Waals surface area contributed by atoms with Crippen LogP contribution in [0.25, 0.3) is 11.0 Å². The highest BCUT2D eigenvalue weighted by atomic mass is 16.5.